The summed E-state index contributed by atoms with van der Waals surface area (Å²) in [6.45, 7) is 6.45. The summed E-state index contributed by atoms with van der Waals surface area (Å²) < 4.78 is 25.9. The Morgan fingerprint density at radius 1 is 1.22 bits per heavy atom. The number of hydrogen-bond donors (Lipinski definition) is 0. The van der Waals surface area contributed by atoms with Crippen LogP contribution in [0.15, 0.2) is 0 Å². The average molecular weight is 276 g/mol. The molecule has 0 radical (unpaired) electrons. The van der Waals surface area contributed by atoms with E-state index in [1.165, 1.54) is 6.42 Å². The average Bonchev–Trinajstić information content (AvgIpc) is 2.25. The van der Waals surface area contributed by atoms with E-state index < -0.39 is 10.0 Å². The van der Waals surface area contributed by atoms with Gasteiger partial charge in [-0.05, 0) is 51.7 Å². The fourth-order valence-electron chi connectivity index (χ4n) is 2.44. The molecule has 0 bridgehead atoms. The molecule has 1 saturated heterocycles. The van der Waals surface area contributed by atoms with Gasteiger partial charge in [-0.1, -0.05) is 13.8 Å². The summed E-state index contributed by atoms with van der Waals surface area (Å²) in [5, 5.41) is 0. The van der Waals surface area contributed by atoms with Crippen molar-refractivity contribution >= 4 is 10.0 Å². The molecule has 0 saturated carbocycles. The molecule has 0 N–H and O–H groups in total. The Morgan fingerprint density at radius 3 is 2.22 bits per heavy atom. The van der Waals surface area contributed by atoms with Gasteiger partial charge in [0.15, 0.2) is 0 Å². The van der Waals surface area contributed by atoms with E-state index in [0.717, 1.165) is 19.4 Å². The Bertz CT molecular complexity index is 331. The van der Waals surface area contributed by atoms with Crippen molar-refractivity contribution in [2.45, 2.75) is 33.1 Å². The SMILES string of the molecule is CC(C)CS(=O)(=O)N1CCC(CCN(C)C)CC1. The topological polar surface area (TPSA) is 40.6 Å². The van der Waals surface area contributed by atoms with Crippen molar-refractivity contribution in [1.82, 2.24) is 9.21 Å². The molecular formula is C13H28N2O2S. The first-order valence-electron chi connectivity index (χ1n) is 6.94. The largest absolute Gasteiger partial charge is 0.309 e. The highest BCUT2D eigenvalue weighted by atomic mass is 32.2. The van der Waals surface area contributed by atoms with Gasteiger partial charge in [-0.25, -0.2) is 12.7 Å². The second-order valence-electron chi connectivity index (χ2n) is 6.11. The number of nitrogens with zero attached hydrogens (tertiary/aromatic N) is 2. The van der Waals surface area contributed by atoms with E-state index >= 15 is 0 Å². The first-order chi connectivity index (χ1) is 8.31. The van der Waals surface area contributed by atoms with Crippen molar-refractivity contribution < 1.29 is 8.42 Å². The molecule has 1 fully saturated rings. The summed E-state index contributed by atoms with van der Waals surface area (Å²) in [6, 6.07) is 0. The predicted molar refractivity (Wildman–Crippen MR) is 76.1 cm³/mol. The monoisotopic (exact) mass is 276 g/mol. The molecule has 1 heterocycles. The van der Waals surface area contributed by atoms with Gasteiger partial charge in [0.05, 0.1) is 5.75 Å². The third-order valence-electron chi connectivity index (χ3n) is 3.50. The second-order valence-corrected chi connectivity index (χ2v) is 8.12. The van der Waals surface area contributed by atoms with E-state index in [0.29, 0.717) is 19.0 Å². The molecule has 0 amide bonds. The van der Waals surface area contributed by atoms with E-state index in [1.807, 2.05) is 13.8 Å². The van der Waals surface area contributed by atoms with E-state index in [1.54, 1.807) is 4.31 Å². The Labute approximate surface area is 112 Å². The maximum Gasteiger partial charge on any atom is 0.214 e. The summed E-state index contributed by atoms with van der Waals surface area (Å²) >= 11 is 0. The molecule has 0 atom stereocenters. The lowest BCUT2D eigenvalue weighted by Gasteiger charge is -2.32. The zero-order valence-electron chi connectivity index (χ0n) is 12.2. The van der Waals surface area contributed by atoms with Crippen LogP contribution in [-0.2, 0) is 10.0 Å². The maximum atomic E-state index is 12.1. The molecule has 18 heavy (non-hydrogen) atoms. The fraction of sp³-hybridized carbons (Fsp3) is 1.00. The molecule has 4 nitrogen and oxygen atoms in total. The molecule has 108 valence electrons. The van der Waals surface area contributed by atoms with Gasteiger partial charge in [-0.2, -0.15) is 0 Å². The van der Waals surface area contributed by atoms with E-state index in [2.05, 4.69) is 19.0 Å². The van der Waals surface area contributed by atoms with Gasteiger partial charge in [0, 0.05) is 13.1 Å². The third kappa shape index (κ3) is 5.24. The zero-order valence-corrected chi connectivity index (χ0v) is 13.0. The summed E-state index contributed by atoms with van der Waals surface area (Å²) in [6.07, 6.45) is 3.22. The molecule has 0 unspecified atom stereocenters. The quantitative estimate of drug-likeness (QED) is 0.740. The van der Waals surface area contributed by atoms with Gasteiger partial charge in [-0.15, -0.1) is 0 Å². The van der Waals surface area contributed by atoms with Crippen LogP contribution in [0.1, 0.15) is 33.1 Å². The molecule has 0 aromatic heterocycles. The number of piperidine rings is 1. The maximum absolute atomic E-state index is 12.1. The van der Waals surface area contributed by atoms with Crippen molar-refractivity contribution in [3.05, 3.63) is 0 Å². The first kappa shape index (κ1) is 15.9. The highest BCUT2D eigenvalue weighted by Crippen LogP contribution is 2.23. The van der Waals surface area contributed by atoms with Crippen molar-refractivity contribution in [3.63, 3.8) is 0 Å². The van der Waals surface area contributed by atoms with Crippen LogP contribution in [-0.4, -0.2) is 57.1 Å². The Balaban J connectivity index is 2.39. The van der Waals surface area contributed by atoms with Gasteiger partial charge in [-0.3, -0.25) is 0 Å². The number of rotatable bonds is 6. The Morgan fingerprint density at radius 2 is 1.78 bits per heavy atom. The normalized spacial score (nSPS) is 19.9. The van der Waals surface area contributed by atoms with E-state index in [-0.39, 0.29) is 11.7 Å². The molecule has 0 aliphatic carbocycles. The molecule has 1 rings (SSSR count). The van der Waals surface area contributed by atoms with Crippen LogP contribution < -0.4 is 0 Å². The van der Waals surface area contributed by atoms with Crippen molar-refractivity contribution in [3.8, 4) is 0 Å². The molecule has 1 aliphatic heterocycles. The lowest BCUT2D eigenvalue weighted by molar-refractivity contribution is 0.243. The number of hydrogen-bond acceptors (Lipinski definition) is 3. The summed E-state index contributed by atoms with van der Waals surface area (Å²) in [5.41, 5.74) is 0. The third-order valence-corrected chi connectivity index (χ3v) is 5.74. The molecule has 0 aromatic carbocycles. The predicted octanol–water partition coefficient (Wildman–Crippen LogP) is 1.64. The highest BCUT2D eigenvalue weighted by Gasteiger charge is 2.28. The molecule has 1 aliphatic rings. The molecule has 5 heteroatoms. The lowest BCUT2D eigenvalue weighted by atomic mass is 9.94. The van der Waals surface area contributed by atoms with Crippen molar-refractivity contribution in [2.75, 3.05) is 39.5 Å². The lowest BCUT2D eigenvalue weighted by Crippen LogP contribution is -2.40. The molecule has 0 aromatic rings. The Kier molecular flexibility index (Phi) is 6.08. The summed E-state index contributed by atoms with van der Waals surface area (Å²) in [5.74, 6) is 1.19. The highest BCUT2D eigenvalue weighted by molar-refractivity contribution is 7.89. The summed E-state index contributed by atoms with van der Waals surface area (Å²) in [4.78, 5) is 2.20. The van der Waals surface area contributed by atoms with Crippen molar-refractivity contribution in [2.24, 2.45) is 11.8 Å². The van der Waals surface area contributed by atoms with Crippen LogP contribution >= 0.6 is 0 Å². The van der Waals surface area contributed by atoms with Crippen LogP contribution in [0.2, 0.25) is 0 Å². The summed E-state index contributed by atoms with van der Waals surface area (Å²) in [7, 11) is 1.16. The number of sulfonamides is 1. The van der Waals surface area contributed by atoms with Gasteiger partial charge < -0.3 is 4.90 Å². The van der Waals surface area contributed by atoms with E-state index in [4.69, 9.17) is 0 Å². The Hall–Kier alpha value is -0.130. The zero-order chi connectivity index (χ0) is 13.8. The smallest absolute Gasteiger partial charge is 0.214 e. The molecule has 0 spiro atoms. The van der Waals surface area contributed by atoms with Crippen molar-refractivity contribution in [1.29, 1.82) is 0 Å². The minimum absolute atomic E-state index is 0.210. The van der Waals surface area contributed by atoms with Gasteiger partial charge in [0.25, 0.3) is 0 Å². The standard InChI is InChI=1S/C13H28N2O2S/c1-12(2)11-18(16,17)15-9-6-13(7-10-15)5-8-14(3)4/h12-13H,5-11H2,1-4H3. The van der Waals surface area contributed by atoms with Crippen LogP contribution in [0.5, 0.6) is 0 Å². The van der Waals surface area contributed by atoms with Crippen LogP contribution in [0.3, 0.4) is 0 Å². The van der Waals surface area contributed by atoms with E-state index in [9.17, 15) is 8.42 Å². The van der Waals surface area contributed by atoms with Gasteiger partial charge in [0.2, 0.25) is 10.0 Å². The van der Waals surface area contributed by atoms with Gasteiger partial charge in [0.1, 0.15) is 0 Å². The fourth-order valence-corrected chi connectivity index (χ4v) is 4.26. The van der Waals surface area contributed by atoms with Crippen LogP contribution in [0.4, 0.5) is 0 Å². The van der Waals surface area contributed by atoms with Crippen LogP contribution in [0, 0.1) is 11.8 Å². The first-order valence-corrected chi connectivity index (χ1v) is 8.54. The second kappa shape index (κ2) is 6.87. The van der Waals surface area contributed by atoms with Gasteiger partial charge >= 0.3 is 0 Å². The minimum atomic E-state index is -3.01. The minimum Gasteiger partial charge on any atom is -0.309 e. The molecular weight excluding hydrogens is 248 g/mol. The van der Waals surface area contributed by atoms with Crippen LogP contribution in [0.25, 0.3) is 0 Å².